The lowest BCUT2D eigenvalue weighted by Gasteiger charge is -2.05. The zero-order valence-electron chi connectivity index (χ0n) is 12.2. The fourth-order valence-corrected chi connectivity index (χ4v) is 2.37. The molecule has 0 saturated heterocycles. The lowest BCUT2D eigenvalue weighted by molar-refractivity contribution is 0.840. The van der Waals surface area contributed by atoms with E-state index in [-0.39, 0.29) is 0 Å². The maximum atomic E-state index is 4.58. The first-order chi connectivity index (χ1) is 10.9. The summed E-state index contributed by atoms with van der Waals surface area (Å²) in [6.45, 7) is 0.654. The minimum Gasteiger partial charge on any atom is -0.364 e. The molecule has 1 N–H and O–H groups in total. The predicted octanol–water partition coefficient (Wildman–Crippen LogP) is 3.15. The van der Waals surface area contributed by atoms with Gasteiger partial charge < -0.3 is 5.32 Å². The van der Waals surface area contributed by atoms with Gasteiger partial charge in [-0.2, -0.15) is 5.10 Å². The standard InChI is InChI=1S/C17H17N5/c1-2-4-15(5-3-1)22-11-9-14(21-22)12-19-16-8-10-18-17(20-16)13-6-7-13/h1-5,8-11,13H,6-7,12H2,(H,18,19,20). The molecule has 0 unspecified atom stereocenters. The van der Waals surface area contributed by atoms with Gasteiger partial charge in [0.1, 0.15) is 11.6 Å². The van der Waals surface area contributed by atoms with Crippen LogP contribution in [0.25, 0.3) is 5.69 Å². The number of para-hydroxylation sites is 1. The van der Waals surface area contributed by atoms with E-state index in [0.29, 0.717) is 12.5 Å². The number of benzene rings is 1. The molecule has 110 valence electrons. The Kier molecular flexibility index (Phi) is 3.31. The quantitative estimate of drug-likeness (QED) is 0.784. The summed E-state index contributed by atoms with van der Waals surface area (Å²) in [4.78, 5) is 8.89. The van der Waals surface area contributed by atoms with Crippen LogP contribution in [-0.4, -0.2) is 19.7 Å². The van der Waals surface area contributed by atoms with Crippen LogP contribution in [0.4, 0.5) is 5.82 Å². The summed E-state index contributed by atoms with van der Waals surface area (Å²) in [5, 5.41) is 7.90. The van der Waals surface area contributed by atoms with Crippen LogP contribution in [-0.2, 0) is 6.54 Å². The van der Waals surface area contributed by atoms with Crippen molar-refractivity contribution in [2.24, 2.45) is 0 Å². The second-order valence-corrected chi connectivity index (χ2v) is 5.52. The molecule has 4 rings (SSSR count). The first-order valence-electron chi connectivity index (χ1n) is 7.55. The van der Waals surface area contributed by atoms with Crippen LogP contribution in [0.2, 0.25) is 0 Å². The average Bonchev–Trinajstić information content (AvgIpc) is 3.32. The maximum Gasteiger partial charge on any atom is 0.133 e. The molecule has 1 fully saturated rings. The van der Waals surface area contributed by atoms with E-state index in [9.17, 15) is 0 Å². The van der Waals surface area contributed by atoms with Crippen molar-refractivity contribution in [3.05, 3.63) is 66.4 Å². The summed E-state index contributed by atoms with van der Waals surface area (Å²) >= 11 is 0. The Morgan fingerprint density at radius 2 is 1.95 bits per heavy atom. The monoisotopic (exact) mass is 291 g/mol. The first-order valence-corrected chi connectivity index (χ1v) is 7.55. The van der Waals surface area contributed by atoms with Crippen molar-refractivity contribution in [3.63, 3.8) is 0 Å². The van der Waals surface area contributed by atoms with Crippen molar-refractivity contribution < 1.29 is 0 Å². The Balaban J connectivity index is 1.44. The number of hydrogen-bond acceptors (Lipinski definition) is 4. The molecule has 0 aliphatic heterocycles. The fraction of sp³-hybridized carbons (Fsp3) is 0.235. The van der Waals surface area contributed by atoms with Gasteiger partial charge in [-0.25, -0.2) is 14.6 Å². The molecule has 0 spiro atoms. The second-order valence-electron chi connectivity index (χ2n) is 5.52. The summed E-state index contributed by atoms with van der Waals surface area (Å²) < 4.78 is 1.88. The van der Waals surface area contributed by atoms with Crippen LogP contribution in [0.15, 0.2) is 54.9 Å². The number of rotatable bonds is 5. The molecule has 0 amide bonds. The number of nitrogens with one attached hydrogen (secondary N) is 1. The van der Waals surface area contributed by atoms with Crippen LogP contribution < -0.4 is 5.32 Å². The van der Waals surface area contributed by atoms with Gasteiger partial charge in [0.15, 0.2) is 0 Å². The second kappa shape index (κ2) is 5.60. The van der Waals surface area contributed by atoms with Crippen molar-refractivity contribution >= 4 is 5.82 Å². The molecule has 0 atom stereocenters. The third-order valence-electron chi connectivity index (χ3n) is 3.73. The molecule has 2 heterocycles. The zero-order valence-corrected chi connectivity index (χ0v) is 12.2. The molecule has 22 heavy (non-hydrogen) atoms. The number of nitrogens with zero attached hydrogens (tertiary/aromatic N) is 4. The van der Waals surface area contributed by atoms with Crippen LogP contribution >= 0.6 is 0 Å². The smallest absolute Gasteiger partial charge is 0.133 e. The molecule has 1 aliphatic carbocycles. The number of aromatic nitrogens is 4. The van der Waals surface area contributed by atoms with Gasteiger partial charge in [-0.05, 0) is 37.1 Å². The van der Waals surface area contributed by atoms with E-state index in [0.717, 1.165) is 23.0 Å². The molecule has 3 aromatic rings. The van der Waals surface area contributed by atoms with E-state index in [1.165, 1.54) is 12.8 Å². The molecule has 5 nitrogen and oxygen atoms in total. The lowest BCUT2D eigenvalue weighted by Crippen LogP contribution is -2.05. The predicted molar refractivity (Wildman–Crippen MR) is 84.9 cm³/mol. The lowest BCUT2D eigenvalue weighted by atomic mass is 10.3. The number of anilines is 1. The normalized spacial score (nSPS) is 14.0. The summed E-state index contributed by atoms with van der Waals surface area (Å²) in [7, 11) is 0. The van der Waals surface area contributed by atoms with E-state index in [4.69, 9.17) is 0 Å². The van der Waals surface area contributed by atoms with Crippen molar-refractivity contribution in [2.45, 2.75) is 25.3 Å². The molecule has 1 saturated carbocycles. The summed E-state index contributed by atoms with van der Waals surface area (Å²) in [5.41, 5.74) is 2.04. The van der Waals surface area contributed by atoms with E-state index in [2.05, 4.69) is 20.4 Å². The molecule has 1 aliphatic rings. The maximum absolute atomic E-state index is 4.58. The van der Waals surface area contributed by atoms with Gasteiger partial charge in [-0.3, -0.25) is 0 Å². The van der Waals surface area contributed by atoms with Gasteiger partial charge >= 0.3 is 0 Å². The molecule has 0 bridgehead atoms. The fourth-order valence-electron chi connectivity index (χ4n) is 2.37. The molecule has 2 aromatic heterocycles. The Labute approximate surface area is 129 Å². The average molecular weight is 291 g/mol. The Morgan fingerprint density at radius 3 is 2.77 bits per heavy atom. The molecular formula is C17H17N5. The van der Waals surface area contributed by atoms with Crippen molar-refractivity contribution in [2.75, 3.05) is 5.32 Å². The topological polar surface area (TPSA) is 55.6 Å². The van der Waals surface area contributed by atoms with E-state index in [1.807, 2.05) is 59.5 Å². The Hall–Kier alpha value is -2.69. The van der Waals surface area contributed by atoms with Gasteiger partial charge in [-0.15, -0.1) is 0 Å². The van der Waals surface area contributed by atoms with E-state index >= 15 is 0 Å². The highest BCUT2D eigenvalue weighted by Crippen LogP contribution is 2.38. The summed E-state index contributed by atoms with van der Waals surface area (Å²) in [6, 6.07) is 14.0. The van der Waals surface area contributed by atoms with Gasteiger partial charge in [0.25, 0.3) is 0 Å². The van der Waals surface area contributed by atoms with Gasteiger partial charge in [0, 0.05) is 18.3 Å². The van der Waals surface area contributed by atoms with Crippen molar-refractivity contribution in [1.82, 2.24) is 19.7 Å². The SMILES string of the molecule is c1ccc(-n2ccc(CNc3ccnc(C4CC4)n3)n2)cc1. The van der Waals surface area contributed by atoms with Crippen LogP contribution in [0, 0.1) is 0 Å². The highest BCUT2D eigenvalue weighted by atomic mass is 15.3. The van der Waals surface area contributed by atoms with E-state index < -0.39 is 0 Å². The van der Waals surface area contributed by atoms with Gasteiger partial charge in [-0.1, -0.05) is 18.2 Å². The van der Waals surface area contributed by atoms with Crippen LogP contribution in [0.1, 0.15) is 30.3 Å². The minimum atomic E-state index is 0.569. The summed E-state index contributed by atoms with van der Waals surface area (Å²) in [5.74, 6) is 2.39. The highest BCUT2D eigenvalue weighted by Gasteiger charge is 2.26. The summed E-state index contributed by atoms with van der Waals surface area (Å²) in [6.07, 6.45) is 6.23. The third kappa shape index (κ3) is 2.83. The minimum absolute atomic E-state index is 0.569. The molecule has 0 radical (unpaired) electrons. The zero-order chi connectivity index (χ0) is 14.8. The Bertz CT molecular complexity index is 761. The van der Waals surface area contributed by atoms with Crippen LogP contribution in [0.3, 0.4) is 0 Å². The van der Waals surface area contributed by atoms with Gasteiger partial charge in [0.2, 0.25) is 0 Å². The highest BCUT2D eigenvalue weighted by molar-refractivity contribution is 5.35. The first kappa shape index (κ1) is 13.0. The molecular weight excluding hydrogens is 274 g/mol. The Morgan fingerprint density at radius 1 is 1.09 bits per heavy atom. The van der Waals surface area contributed by atoms with E-state index in [1.54, 1.807) is 0 Å². The molecule has 1 aromatic carbocycles. The third-order valence-corrected chi connectivity index (χ3v) is 3.73. The van der Waals surface area contributed by atoms with Gasteiger partial charge in [0.05, 0.1) is 17.9 Å². The largest absolute Gasteiger partial charge is 0.364 e. The van der Waals surface area contributed by atoms with Crippen LogP contribution in [0.5, 0.6) is 0 Å². The van der Waals surface area contributed by atoms with Crippen molar-refractivity contribution in [1.29, 1.82) is 0 Å². The number of hydrogen-bond donors (Lipinski definition) is 1. The molecule has 5 heteroatoms. The van der Waals surface area contributed by atoms with Crippen molar-refractivity contribution in [3.8, 4) is 5.69 Å².